The molecule has 2 N–H and O–H groups in total. The first-order valence-electron chi connectivity index (χ1n) is 13.6. The van der Waals surface area contributed by atoms with E-state index in [4.69, 9.17) is 28.7 Å². The lowest BCUT2D eigenvalue weighted by molar-refractivity contribution is -0.224. The molecule has 3 aliphatic rings. The zero-order valence-corrected chi connectivity index (χ0v) is 22.8. The van der Waals surface area contributed by atoms with Crippen LogP contribution in [0.25, 0.3) is 22.3 Å². The summed E-state index contributed by atoms with van der Waals surface area (Å²) in [5.41, 5.74) is 2.92. The first-order chi connectivity index (χ1) is 19.9. The number of hydrogen-bond acceptors (Lipinski definition) is 11. The highest BCUT2D eigenvalue weighted by Crippen LogP contribution is 2.36. The van der Waals surface area contributed by atoms with Crippen LogP contribution in [-0.2, 0) is 41.6 Å². The standard InChI is InChI=1S/C27H26N2O10.C2H6/c30-12-17-8-16(31)9-22(38-17)35-5-6-36-27(34)39-24-18-10-21-23-15(7-14-3-1-2-4-20(14)28-23)11-29(21)25(32)19(18)13-37-26(24)33;1-2/h1-4,7,10,16-17,22,24,30-31H,5-6,8-9,11-13H2;1-2H3/t16-,17?,22+,24?;/m0./s1. The number of aliphatic hydroxyl groups excluding tert-OH is 2. The number of esters is 1. The van der Waals surface area contributed by atoms with Gasteiger partial charge in [-0.1, -0.05) is 32.0 Å². The number of para-hydroxylation sites is 1. The normalized spacial score (nSPS) is 22.5. The summed E-state index contributed by atoms with van der Waals surface area (Å²) in [4.78, 5) is 43.1. The van der Waals surface area contributed by atoms with E-state index in [0.717, 1.165) is 16.5 Å². The maximum absolute atomic E-state index is 13.3. The minimum Gasteiger partial charge on any atom is -0.458 e. The third-order valence-electron chi connectivity index (χ3n) is 7.03. The van der Waals surface area contributed by atoms with E-state index in [0.29, 0.717) is 24.4 Å². The number of carbonyl (C=O) groups excluding carboxylic acids is 2. The average molecular weight is 569 g/mol. The number of cyclic esters (lactones) is 1. The van der Waals surface area contributed by atoms with E-state index in [1.807, 2.05) is 44.2 Å². The third kappa shape index (κ3) is 5.82. The number of rotatable bonds is 6. The number of pyridine rings is 2. The monoisotopic (exact) mass is 568 g/mol. The Kier molecular flexibility index (Phi) is 8.64. The molecule has 1 aromatic carbocycles. The summed E-state index contributed by atoms with van der Waals surface area (Å²) in [6.07, 6.45) is -4.05. The molecule has 1 saturated heterocycles. The lowest BCUT2D eigenvalue weighted by Gasteiger charge is -2.31. The quantitative estimate of drug-likeness (QED) is 0.260. The van der Waals surface area contributed by atoms with Crippen molar-refractivity contribution in [1.82, 2.24) is 9.55 Å². The molecule has 218 valence electrons. The van der Waals surface area contributed by atoms with Crippen LogP contribution in [0.3, 0.4) is 0 Å². The van der Waals surface area contributed by atoms with Crippen LogP contribution >= 0.6 is 0 Å². The van der Waals surface area contributed by atoms with Crippen LogP contribution < -0.4 is 5.56 Å². The predicted octanol–water partition coefficient (Wildman–Crippen LogP) is 2.58. The zero-order valence-electron chi connectivity index (χ0n) is 22.8. The minimum absolute atomic E-state index is 0.0679. The molecule has 3 aliphatic heterocycles. The van der Waals surface area contributed by atoms with Gasteiger partial charge < -0.3 is 38.5 Å². The topological polar surface area (TPSA) is 156 Å². The highest BCUT2D eigenvalue weighted by atomic mass is 16.7. The summed E-state index contributed by atoms with van der Waals surface area (Å²) in [7, 11) is 0. The maximum atomic E-state index is 13.3. The van der Waals surface area contributed by atoms with Crippen molar-refractivity contribution in [2.24, 2.45) is 0 Å². The maximum Gasteiger partial charge on any atom is 0.509 e. The molecule has 12 heteroatoms. The van der Waals surface area contributed by atoms with E-state index >= 15 is 0 Å². The SMILES string of the molecule is CC.O=C(OCCO[C@H]1C[C@@H](O)CC(CO)O1)OC1C(=O)OCc2c1cc1n(c2=O)Cc2cc3ccccc3nc2-1. The number of ether oxygens (including phenoxy) is 5. The van der Waals surface area contributed by atoms with Crippen LogP contribution in [0.5, 0.6) is 0 Å². The highest BCUT2D eigenvalue weighted by molar-refractivity contribution is 5.85. The Labute approximate surface area is 235 Å². The molecule has 0 amide bonds. The van der Waals surface area contributed by atoms with Crippen molar-refractivity contribution in [1.29, 1.82) is 0 Å². The Morgan fingerprint density at radius 2 is 1.95 bits per heavy atom. The minimum atomic E-state index is -1.48. The highest BCUT2D eigenvalue weighted by Gasteiger charge is 2.38. The van der Waals surface area contributed by atoms with Gasteiger partial charge in [0.25, 0.3) is 5.56 Å². The van der Waals surface area contributed by atoms with Gasteiger partial charge in [0.15, 0.2) is 6.29 Å². The fourth-order valence-electron chi connectivity index (χ4n) is 5.18. The van der Waals surface area contributed by atoms with Crippen LogP contribution in [0.2, 0.25) is 0 Å². The molecule has 0 saturated carbocycles. The molecule has 0 bridgehead atoms. The van der Waals surface area contributed by atoms with E-state index in [2.05, 4.69) is 0 Å². The fraction of sp³-hybridized carbons (Fsp3) is 0.448. The van der Waals surface area contributed by atoms with Crippen LogP contribution in [0.4, 0.5) is 4.79 Å². The Bertz CT molecular complexity index is 1500. The number of nitrogens with zero attached hydrogens (tertiary/aromatic N) is 2. The third-order valence-corrected chi connectivity index (χ3v) is 7.03. The van der Waals surface area contributed by atoms with Gasteiger partial charge in [-0.25, -0.2) is 14.6 Å². The van der Waals surface area contributed by atoms with E-state index in [1.54, 1.807) is 10.6 Å². The molecule has 0 radical (unpaired) electrons. The lowest BCUT2D eigenvalue weighted by atomic mass is 10.00. The van der Waals surface area contributed by atoms with E-state index in [9.17, 15) is 24.6 Å². The fourth-order valence-corrected chi connectivity index (χ4v) is 5.18. The smallest absolute Gasteiger partial charge is 0.458 e. The van der Waals surface area contributed by atoms with Crippen LogP contribution in [0, 0.1) is 0 Å². The first kappa shape index (κ1) is 28.7. The Balaban J connectivity index is 0.00000165. The molecule has 2 aromatic heterocycles. The summed E-state index contributed by atoms with van der Waals surface area (Å²) in [5.74, 6) is -0.815. The largest absolute Gasteiger partial charge is 0.509 e. The summed E-state index contributed by atoms with van der Waals surface area (Å²) in [6.45, 7) is 3.57. The summed E-state index contributed by atoms with van der Waals surface area (Å²) < 4.78 is 28.0. The zero-order chi connectivity index (χ0) is 29.1. The van der Waals surface area contributed by atoms with E-state index < -0.39 is 36.7 Å². The van der Waals surface area contributed by atoms with Crippen molar-refractivity contribution >= 4 is 23.0 Å². The number of aliphatic hydroxyl groups is 2. The predicted molar refractivity (Wildman–Crippen MR) is 144 cm³/mol. The van der Waals surface area contributed by atoms with Gasteiger partial charge in [0, 0.05) is 29.4 Å². The Morgan fingerprint density at radius 3 is 2.76 bits per heavy atom. The molecule has 0 aliphatic carbocycles. The molecular weight excluding hydrogens is 536 g/mol. The molecule has 1 fully saturated rings. The van der Waals surface area contributed by atoms with Crippen molar-refractivity contribution in [2.75, 3.05) is 19.8 Å². The van der Waals surface area contributed by atoms with Gasteiger partial charge in [0.2, 0.25) is 6.10 Å². The lowest BCUT2D eigenvalue weighted by Crippen LogP contribution is -2.39. The van der Waals surface area contributed by atoms with Gasteiger partial charge in [-0.15, -0.1) is 0 Å². The van der Waals surface area contributed by atoms with Gasteiger partial charge in [0.1, 0.15) is 13.2 Å². The molecule has 6 rings (SSSR count). The molecule has 41 heavy (non-hydrogen) atoms. The number of carbonyl (C=O) groups is 2. The second kappa shape index (κ2) is 12.4. The second-order valence-corrected chi connectivity index (χ2v) is 9.61. The molecular formula is C29H32N2O10. The Morgan fingerprint density at radius 1 is 1.15 bits per heavy atom. The van der Waals surface area contributed by atoms with Gasteiger partial charge >= 0.3 is 12.1 Å². The van der Waals surface area contributed by atoms with Gasteiger partial charge in [0.05, 0.1) is 54.4 Å². The second-order valence-electron chi connectivity index (χ2n) is 9.61. The van der Waals surface area contributed by atoms with Crippen molar-refractivity contribution in [3.8, 4) is 11.4 Å². The molecule has 2 unspecified atom stereocenters. The average Bonchev–Trinajstić information content (AvgIpc) is 3.34. The van der Waals surface area contributed by atoms with Crippen molar-refractivity contribution in [3.05, 3.63) is 63.4 Å². The van der Waals surface area contributed by atoms with Gasteiger partial charge in [-0.3, -0.25) is 4.79 Å². The molecule has 3 aromatic rings. The summed E-state index contributed by atoms with van der Waals surface area (Å²) in [6, 6.07) is 11.3. The van der Waals surface area contributed by atoms with Crippen molar-refractivity contribution in [2.45, 2.75) is 64.4 Å². The van der Waals surface area contributed by atoms with Gasteiger partial charge in [-0.05, 0) is 18.2 Å². The number of aromatic nitrogens is 2. The van der Waals surface area contributed by atoms with E-state index in [-0.39, 0.29) is 49.5 Å². The summed E-state index contributed by atoms with van der Waals surface area (Å²) in [5, 5.41) is 20.0. The number of fused-ring (bicyclic) bond motifs is 5. The Hall–Kier alpha value is -3.84. The van der Waals surface area contributed by atoms with Gasteiger partial charge in [-0.2, -0.15) is 0 Å². The summed E-state index contributed by atoms with van der Waals surface area (Å²) >= 11 is 0. The number of benzene rings is 1. The molecule has 0 spiro atoms. The number of hydrogen-bond donors (Lipinski definition) is 2. The first-order valence-corrected chi connectivity index (χ1v) is 13.6. The van der Waals surface area contributed by atoms with Crippen molar-refractivity contribution in [3.63, 3.8) is 0 Å². The van der Waals surface area contributed by atoms with E-state index in [1.165, 1.54) is 0 Å². The van der Waals surface area contributed by atoms with Crippen LogP contribution in [0.1, 0.15) is 49.5 Å². The molecule has 12 nitrogen and oxygen atoms in total. The van der Waals surface area contributed by atoms with Crippen LogP contribution in [0.15, 0.2) is 41.2 Å². The van der Waals surface area contributed by atoms with Crippen LogP contribution in [-0.4, -0.2) is 70.2 Å². The molecule has 4 atom stereocenters. The molecule has 5 heterocycles. The van der Waals surface area contributed by atoms with Crippen molar-refractivity contribution < 1.29 is 43.5 Å².